The first kappa shape index (κ1) is 14.7. The van der Waals surface area contributed by atoms with Gasteiger partial charge in [0.25, 0.3) is 0 Å². The Morgan fingerprint density at radius 1 is 1.28 bits per heavy atom. The Morgan fingerprint density at radius 3 is 2.39 bits per heavy atom. The quantitative estimate of drug-likeness (QED) is 0.838. The number of carbonyl (C=O) groups is 1. The van der Waals surface area contributed by atoms with Crippen LogP contribution in [0.1, 0.15) is 31.9 Å². The second-order valence-corrected chi connectivity index (χ2v) is 4.96. The summed E-state index contributed by atoms with van der Waals surface area (Å²) in [6.07, 6.45) is 0.545. The Bertz CT molecular complexity index is 362. The fourth-order valence-corrected chi connectivity index (χ4v) is 2.27. The zero-order chi connectivity index (χ0) is 13.5. The van der Waals surface area contributed by atoms with Gasteiger partial charge in [0.05, 0.1) is 6.04 Å². The summed E-state index contributed by atoms with van der Waals surface area (Å²) in [5.41, 5.74) is 1.20. The van der Waals surface area contributed by atoms with Gasteiger partial charge in [-0.3, -0.25) is 4.79 Å². The molecule has 3 nitrogen and oxygen atoms in total. The lowest BCUT2D eigenvalue weighted by Gasteiger charge is -2.32. The minimum Gasteiger partial charge on any atom is -0.338 e. The van der Waals surface area contributed by atoms with Crippen molar-refractivity contribution in [3.63, 3.8) is 0 Å². The first-order valence-corrected chi connectivity index (χ1v) is 6.53. The summed E-state index contributed by atoms with van der Waals surface area (Å²) in [6, 6.07) is 10.4. The minimum absolute atomic E-state index is 0.149. The molecule has 0 bridgehead atoms. The third kappa shape index (κ3) is 3.84. The van der Waals surface area contributed by atoms with E-state index in [-0.39, 0.29) is 11.9 Å². The second-order valence-electron chi connectivity index (χ2n) is 4.96. The van der Waals surface area contributed by atoms with Crippen LogP contribution in [-0.4, -0.2) is 31.4 Å². The van der Waals surface area contributed by atoms with Crippen molar-refractivity contribution in [2.45, 2.75) is 26.3 Å². The third-order valence-electron chi connectivity index (χ3n) is 3.17. The first-order valence-electron chi connectivity index (χ1n) is 6.53. The van der Waals surface area contributed by atoms with Crippen LogP contribution in [0.5, 0.6) is 0 Å². The normalized spacial score (nSPS) is 12.5. The highest BCUT2D eigenvalue weighted by atomic mass is 16.2. The Labute approximate surface area is 110 Å². The SMILES string of the molecule is CNCCC(=O)N(C)C(c1ccccc1)C(C)C. The average molecular weight is 248 g/mol. The van der Waals surface area contributed by atoms with E-state index in [0.29, 0.717) is 12.3 Å². The number of hydrogen-bond donors (Lipinski definition) is 1. The third-order valence-corrected chi connectivity index (χ3v) is 3.17. The van der Waals surface area contributed by atoms with Crippen molar-refractivity contribution in [3.05, 3.63) is 35.9 Å². The standard InChI is InChI=1S/C15H24N2O/c1-12(2)15(13-8-6-5-7-9-13)17(4)14(18)10-11-16-3/h5-9,12,15-16H,10-11H2,1-4H3. The van der Waals surface area contributed by atoms with E-state index in [9.17, 15) is 4.79 Å². The van der Waals surface area contributed by atoms with Crippen molar-refractivity contribution in [3.8, 4) is 0 Å². The number of carbonyl (C=O) groups excluding carboxylic acids is 1. The molecule has 0 aliphatic heterocycles. The molecule has 1 atom stereocenters. The van der Waals surface area contributed by atoms with Gasteiger partial charge in [0.1, 0.15) is 0 Å². The van der Waals surface area contributed by atoms with E-state index in [2.05, 4.69) is 31.3 Å². The molecule has 0 aliphatic carbocycles. The Morgan fingerprint density at radius 2 is 1.89 bits per heavy atom. The van der Waals surface area contributed by atoms with Gasteiger partial charge in [-0.05, 0) is 18.5 Å². The summed E-state index contributed by atoms with van der Waals surface area (Å²) < 4.78 is 0. The molecule has 0 saturated heterocycles. The Hall–Kier alpha value is -1.35. The van der Waals surface area contributed by atoms with Gasteiger partial charge in [-0.2, -0.15) is 0 Å². The molecule has 0 spiro atoms. The van der Waals surface area contributed by atoms with Crippen molar-refractivity contribution >= 4 is 5.91 Å². The van der Waals surface area contributed by atoms with E-state index < -0.39 is 0 Å². The summed E-state index contributed by atoms with van der Waals surface area (Å²) in [4.78, 5) is 14.0. The lowest BCUT2D eigenvalue weighted by atomic mass is 9.94. The monoisotopic (exact) mass is 248 g/mol. The summed E-state index contributed by atoms with van der Waals surface area (Å²) in [5.74, 6) is 0.586. The van der Waals surface area contributed by atoms with Gasteiger partial charge in [-0.15, -0.1) is 0 Å². The highest BCUT2D eigenvalue weighted by Gasteiger charge is 2.23. The Kier molecular flexibility index (Phi) is 5.86. The highest BCUT2D eigenvalue weighted by Crippen LogP contribution is 2.27. The highest BCUT2D eigenvalue weighted by molar-refractivity contribution is 5.76. The molecule has 0 heterocycles. The molecule has 1 aromatic carbocycles. The summed E-state index contributed by atoms with van der Waals surface area (Å²) in [5, 5.41) is 3.01. The number of nitrogens with one attached hydrogen (secondary N) is 1. The topological polar surface area (TPSA) is 32.3 Å². The van der Waals surface area contributed by atoms with Crippen LogP contribution in [0.15, 0.2) is 30.3 Å². The molecular formula is C15H24N2O. The fraction of sp³-hybridized carbons (Fsp3) is 0.533. The summed E-state index contributed by atoms with van der Waals surface area (Å²) in [6.45, 7) is 5.03. The van der Waals surface area contributed by atoms with Crippen LogP contribution in [0.3, 0.4) is 0 Å². The number of nitrogens with zero attached hydrogens (tertiary/aromatic N) is 1. The van der Waals surface area contributed by atoms with Crippen molar-refractivity contribution < 1.29 is 4.79 Å². The second kappa shape index (κ2) is 7.17. The maximum Gasteiger partial charge on any atom is 0.224 e. The van der Waals surface area contributed by atoms with Crippen molar-refractivity contribution in [2.75, 3.05) is 20.6 Å². The van der Waals surface area contributed by atoms with Crippen LogP contribution in [0.2, 0.25) is 0 Å². The van der Waals surface area contributed by atoms with Crippen LogP contribution in [0.4, 0.5) is 0 Å². The lowest BCUT2D eigenvalue weighted by Crippen LogP contribution is -2.35. The van der Waals surface area contributed by atoms with E-state index in [1.54, 1.807) is 0 Å². The maximum absolute atomic E-state index is 12.1. The van der Waals surface area contributed by atoms with Crippen LogP contribution in [0.25, 0.3) is 0 Å². The van der Waals surface area contributed by atoms with Gasteiger partial charge in [-0.1, -0.05) is 44.2 Å². The molecule has 0 saturated carbocycles. The van der Waals surface area contributed by atoms with Crippen molar-refractivity contribution in [1.82, 2.24) is 10.2 Å². The largest absolute Gasteiger partial charge is 0.338 e. The molecule has 1 N–H and O–H groups in total. The predicted octanol–water partition coefficient (Wildman–Crippen LogP) is 2.45. The molecule has 1 rings (SSSR count). The van der Waals surface area contributed by atoms with E-state index >= 15 is 0 Å². The lowest BCUT2D eigenvalue weighted by molar-refractivity contribution is -0.132. The molecule has 3 heteroatoms. The van der Waals surface area contributed by atoms with Crippen LogP contribution < -0.4 is 5.32 Å². The zero-order valence-corrected chi connectivity index (χ0v) is 11.8. The molecule has 1 amide bonds. The Balaban J connectivity index is 2.82. The van der Waals surface area contributed by atoms with Gasteiger partial charge >= 0.3 is 0 Å². The summed E-state index contributed by atoms with van der Waals surface area (Å²) >= 11 is 0. The van der Waals surface area contributed by atoms with Gasteiger partial charge in [0.15, 0.2) is 0 Å². The van der Waals surface area contributed by atoms with E-state index in [1.807, 2.05) is 37.2 Å². The van der Waals surface area contributed by atoms with Crippen LogP contribution >= 0.6 is 0 Å². The van der Waals surface area contributed by atoms with Gasteiger partial charge in [0, 0.05) is 20.0 Å². The minimum atomic E-state index is 0.149. The van der Waals surface area contributed by atoms with Crippen LogP contribution in [-0.2, 0) is 4.79 Å². The summed E-state index contributed by atoms with van der Waals surface area (Å²) in [7, 11) is 3.76. The van der Waals surface area contributed by atoms with E-state index in [0.717, 1.165) is 6.54 Å². The molecule has 100 valence electrons. The average Bonchev–Trinajstić information content (AvgIpc) is 2.36. The molecule has 1 aromatic rings. The molecular weight excluding hydrogens is 224 g/mol. The molecule has 0 aromatic heterocycles. The van der Waals surface area contributed by atoms with Gasteiger partial charge < -0.3 is 10.2 Å². The van der Waals surface area contributed by atoms with E-state index in [4.69, 9.17) is 0 Å². The molecule has 0 aliphatic rings. The number of hydrogen-bond acceptors (Lipinski definition) is 2. The molecule has 1 unspecified atom stereocenters. The van der Waals surface area contributed by atoms with Gasteiger partial charge in [-0.25, -0.2) is 0 Å². The predicted molar refractivity (Wildman–Crippen MR) is 75.3 cm³/mol. The fourth-order valence-electron chi connectivity index (χ4n) is 2.27. The molecule has 18 heavy (non-hydrogen) atoms. The maximum atomic E-state index is 12.1. The number of rotatable bonds is 6. The zero-order valence-electron chi connectivity index (χ0n) is 11.8. The molecule has 0 radical (unpaired) electrons. The first-order chi connectivity index (χ1) is 8.57. The molecule has 0 fully saturated rings. The van der Waals surface area contributed by atoms with Crippen LogP contribution in [0, 0.1) is 5.92 Å². The number of amides is 1. The van der Waals surface area contributed by atoms with E-state index in [1.165, 1.54) is 5.56 Å². The smallest absolute Gasteiger partial charge is 0.224 e. The van der Waals surface area contributed by atoms with Gasteiger partial charge in [0.2, 0.25) is 5.91 Å². The number of benzene rings is 1. The van der Waals surface area contributed by atoms with Crippen molar-refractivity contribution in [2.24, 2.45) is 5.92 Å². The van der Waals surface area contributed by atoms with Crippen molar-refractivity contribution in [1.29, 1.82) is 0 Å².